The Labute approximate surface area is 173 Å². The molecule has 2 aliphatic carbocycles. The Kier molecular flexibility index (Phi) is 7.49. The van der Waals surface area contributed by atoms with E-state index in [-0.39, 0.29) is 24.8 Å². The van der Waals surface area contributed by atoms with Gasteiger partial charge in [-0.05, 0) is 0 Å². The Morgan fingerprint density at radius 2 is 2.04 bits per heavy atom. The van der Waals surface area contributed by atoms with Gasteiger partial charge in [0, 0.05) is 0 Å². The molecule has 1 unspecified atom stereocenters. The average Bonchev–Trinajstić information content (AvgIpc) is 3.29. The van der Waals surface area contributed by atoms with Crippen LogP contribution in [0.15, 0.2) is 63.7 Å². The van der Waals surface area contributed by atoms with Crippen molar-refractivity contribution in [3.63, 3.8) is 0 Å². The minimum absolute atomic E-state index is 0. The largest absolute Gasteiger partial charge is 1.00 e. The molecule has 4 rings (SSSR count). The SMILES string of the molecule is CCCC1=[C]([Zr+2][CH]2C(n3cccn3)=Cc3ccccc32)CC=C1.[Cl-].[Cl-]. The summed E-state index contributed by atoms with van der Waals surface area (Å²) >= 11 is -0.729. The number of hydrogen-bond acceptors (Lipinski definition) is 1. The minimum atomic E-state index is -0.729. The summed E-state index contributed by atoms with van der Waals surface area (Å²) in [6.07, 6.45) is 14.7. The Bertz CT molecular complexity index is 807. The minimum Gasteiger partial charge on any atom is -1.00 e. The molecule has 1 atom stereocenters. The molecule has 2 aromatic rings. The summed E-state index contributed by atoms with van der Waals surface area (Å²) in [5.41, 5.74) is 5.90. The number of hydrogen-bond donors (Lipinski definition) is 0. The van der Waals surface area contributed by atoms with Gasteiger partial charge in [0.25, 0.3) is 0 Å². The van der Waals surface area contributed by atoms with Crippen LogP contribution in [0.2, 0.25) is 0 Å². The second kappa shape index (κ2) is 9.17. The molecule has 0 radical (unpaired) electrons. The van der Waals surface area contributed by atoms with E-state index in [9.17, 15) is 0 Å². The fourth-order valence-electron chi connectivity index (χ4n) is 3.46. The number of rotatable bonds is 5. The van der Waals surface area contributed by atoms with E-state index in [1.165, 1.54) is 36.1 Å². The van der Waals surface area contributed by atoms with Gasteiger partial charge in [0.1, 0.15) is 0 Å². The number of aromatic nitrogens is 2. The zero-order valence-corrected chi connectivity index (χ0v) is 18.1. The summed E-state index contributed by atoms with van der Waals surface area (Å²) in [4.78, 5) is 0. The van der Waals surface area contributed by atoms with Gasteiger partial charge in [-0.15, -0.1) is 0 Å². The summed E-state index contributed by atoms with van der Waals surface area (Å²) in [5, 5.41) is 4.51. The Hall–Kier alpha value is -0.887. The number of benzene rings is 1. The average molecular weight is 451 g/mol. The third kappa shape index (κ3) is 4.10. The molecule has 5 heteroatoms. The van der Waals surface area contributed by atoms with Gasteiger partial charge in [-0.3, -0.25) is 0 Å². The van der Waals surface area contributed by atoms with Crippen molar-refractivity contribution in [1.82, 2.24) is 9.78 Å². The van der Waals surface area contributed by atoms with Gasteiger partial charge in [-0.2, -0.15) is 0 Å². The Morgan fingerprint density at radius 3 is 2.80 bits per heavy atom. The van der Waals surface area contributed by atoms with Crippen LogP contribution in [0, 0.1) is 0 Å². The molecule has 2 nitrogen and oxygen atoms in total. The van der Waals surface area contributed by atoms with Gasteiger partial charge in [0.15, 0.2) is 0 Å². The Morgan fingerprint density at radius 1 is 1.20 bits per heavy atom. The van der Waals surface area contributed by atoms with Crippen LogP contribution in [0.4, 0.5) is 0 Å². The van der Waals surface area contributed by atoms with Crippen LogP contribution < -0.4 is 24.8 Å². The van der Waals surface area contributed by atoms with Crippen molar-refractivity contribution in [2.24, 2.45) is 0 Å². The van der Waals surface area contributed by atoms with Crippen LogP contribution in [0.25, 0.3) is 11.8 Å². The van der Waals surface area contributed by atoms with Gasteiger partial charge >= 0.3 is 149 Å². The quantitative estimate of drug-likeness (QED) is 0.574. The standard InChI is InChI=1S/C12H9N2.C8H11.2ClH.Zr/c1-2-5-11-9-12(8-10(11)4-1)14-7-3-6-13-14;1-2-5-8-6-3-4-7-8;;;/h1-9H;3,6H,2,4-5H2,1H3;2*1H;/q;;;;+2/p-2. The number of allylic oxidation sites excluding steroid dienone is 5. The Balaban J connectivity index is 0.00000113. The normalized spacial score (nSPS) is 17.5. The van der Waals surface area contributed by atoms with Crippen LogP contribution in [0.5, 0.6) is 0 Å². The maximum atomic E-state index is 4.51. The van der Waals surface area contributed by atoms with Crippen molar-refractivity contribution in [3.8, 4) is 0 Å². The van der Waals surface area contributed by atoms with Gasteiger partial charge in [-0.25, -0.2) is 0 Å². The molecule has 0 N–H and O–H groups in total. The molecule has 0 aliphatic heterocycles. The van der Waals surface area contributed by atoms with Crippen molar-refractivity contribution < 1.29 is 48.0 Å². The van der Waals surface area contributed by atoms with Gasteiger partial charge in [-0.1, -0.05) is 0 Å². The first-order chi connectivity index (χ1) is 11.4. The molecule has 1 aromatic carbocycles. The molecule has 0 fully saturated rings. The van der Waals surface area contributed by atoms with Crippen LogP contribution in [-0.2, 0) is 23.2 Å². The third-order valence-electron chi connectivity index (χ3n) is 4.54. The van der Waals surface area contributed by atoms with E-state index in [0.29, 0.717) is 3.63 Å². The number of halogens is 2. The third-order valence-corrected chi connectivity index (χ3v) is 8.89. The van der Waals surface area contributed by atoms with Crippen molar-refractivity contribution in [3.05, 3.63) is 74.9 Å². The maximum absolute atomic E-state index is 4.51. The maximum Gasteiger partial charge on any atom is -1.00 e. The van der Waals surface area contributed by atoms with Crippen molar-refractivity contribution in [2.45, 2.75) is 29.8 Å². The second-order valence-electron chi connectivity index (χ2n) is 6.09. The van der Waals surface area contributed by atoms with Crippen LogP contribution in [-0.4, -0.2) is 9.78 Å². The summed E-state index contributed by atoms with van der Waals surface area (Å²) in [5.74, 6) is 0. The van der Waals surface area contributed by atoms with Gasteiger partial charge in [0.05, 0.1) is 0 Å². The first kappa shape index (κ1) is 20.4. The zero-order valence-electron chi connectivity index (χ0n) is 14.1. The molecule has 0 bridgehead atoms. The van der Waals surface area contributed by atoms with E-state index in [0.717, 1.165) is 0 Å². The monoisotopic (exact) mass is 448 g/mol. The first-order valence-corrected chi connectivity index (χ1v) is 11.0. The molecule has 0 amide bonds. The van der Waals surface area contributed by atoms with Crippen molar-refractivity contribution in [2.75, 3.05) is 0 Å². The predicted octanol–water partition coefficient (Wildman–Crippen LogP) is -0.959. The summed E-state index contributed by atoms with van der Waals surface area (Å²) in [7, 11) is 0. The number of fused-ring (bicyclic) bond motifs is 1. The second-order valence-corrected chi connectivity index (χ2v) is 9.70. The van der Waals surface area contributed by atoms with E-state index < -0.39 is 23.2 Å². The topological polar surface area (TPSA) is 17.8 Å². The summed E-state index contributed by atoms with van der Waals surface area (Å²) in [6.45, 7) is 2.28. The predicted molar refractivity (Wildman–Crippen MR) is 91.3 cm³/mol. The molecule has 0 spiro atoms. The van der Waals surface area contributed by atoms with Crippen LogP contribution >= 0.6 is 0 Å². The molecule has 1 aromatic heterocycles. The van der Waals surface area contributed by atoms with Crippen LogP contribution in [0.3, 0.4) is 0 Å². The fraction of sp³-hybridized carbons (Fsp3) is 0.250. The van der Waals surface area contributed by atoms with Crippen molar-refractivity contribution in [1.29, 1.82) is 0 Å². The molecule has 0 saturated carbocycles. The number of nitrogens with zero attached hydrogens (tertiary/aromatic N) is 2. The zero-order chi connectivity index (χ0) is 15.6. The molecule has 128 valence electrons. The van der Waals surface area contributed by atoms with E-state index in [2.05, 4.69) is 65.4 Å². The molecular formula is C20H20Cl2N2Zr. The first-order valence-electron chi connectivity index (χ1n) is 8.32. The van der Waals surface area contributed by atoms with E-state index >= 15 is 0 Å². The molecule has 1 heterocycles. The molecule has 2 aliphatic rings. The van der Waals surface area contributed by atoms with Gasteiger partial charge in [0.2, 0.25) is 0 Å². The van der Waals surface area contributed by atoms with Crippen LogP contribution in [0.1, 0.15) is 40.9 Å². The van der Waals surface area contributed by atoms with E-state index in [1.54, 1.807) is 8.85 Å². The van der Waals surface area contributed by atoms with Gasteiger partial charge < -0.3 is 24.8 Å². The molecule has 25 heavy (non-hydrogen) atoms. The van der Waals surface area contributed by atoms with E-state index in [4.69, 9.17) is 0 Å². The fourth-order valence-corrected chi connectivity index (χ4v) is 7.78. The van der Waals surface area contributed by atoms with Crippen molar-refractivity contribution >= 4 is 11.8 Å². The smallest absolute Gasteiger partial charge is 1.00 e. The summed E-state index contributed by atoms with van der Waals surface area (Å²) in [6, 6.07) is 10.9. The molecular weight excluding hydrogens is 430 g/mol. The molecule has 0 saturated heterocycles. The summed E-state index contributed by atoms with van der Waals surface area (Å²) < 4.78 is 4.43. The van der Waals surface area contributed by atoms with E-state index in [1.807, 2.05) is 12.3 Å².